The first-order valence-electron chi connectivity index (χ1n) is 32.6. The first kappa shape index (κ1) is 72.2. The smallest absolute Gasteiger partial charge is 0.268 e. The number of aliphatic hydroxyl groups excluding tert-OH is 1. The molecule has 3 unspecified atom stereocenters. The number of unbranched alkanes of at least 4 members (excludes halogenated alkanes) is 48. The predicted octanol–water partition coefficient (Wildman–Crippen LogP) is 19.5. The van der Waals surface area contributed by atoms with Gasteiger partial charge in [-0.25, -0.2) is 0 Å². The van der Waals surface area contributed by atoms with Crippen molar-refractivity contribution >= 4 is 13.7 Å². The van der Waals surface area contributed by atoms with Gasteiger partial charge >= 0.3 is 0 Å². The van der Waals surface area contributed by atoms with Crippen LogP contribution in [0, 0.1) is 0 Å². The molecule has 8 nitrogen and oxygen atoms in total. The molecule has 0 bridgehead atoms. The molecule has 0 aliphatic rings. The Labute approximate surface area is 456 Å². The number of amides is 1. The van der Waals surface area contributed by atoms with Gasteiger partial charge in [-0.3, -0.25) is 9.36 Å². The zero-order chi connectivity index (χ0) is 53.5. The molecule has 0 radical (unpaired) electrons. The quantitative estimate of drug-likeness (QED) is 0.0272. The van der Waals surface area contributed by atoms with Gasteiger partial charge < -0.3 is 28.8 Å². The summed E-state index contributed by atoms with van der Waals surface area (Å²) in [6.07, 6.45) is 70.3. The number of hydrogen-bond donors (Lipinski definition) is 2. The minimum Gasteiger partial charge on any atom is -0.756 e. The molecule has 2 N–H and O–H groups in total. The number of quaternary nitrogens is 1. The second-order valence-electron chi connectivity index (χ2n) is 23.8. The maximum atomic E-state index is 13.0. The van der Waals surface area contributed by atoms with E-state index >= 15 is 0 Å². The lowest BCUT2D eigenvalue weighted by Gasteiger charge is -2.29. The van der Waals surface area contributed by atoms with Crippen LogP contribution in [0.5, 0.6) is 0 Å². The largest absolute Gasteiger partial charge is 0.756 e. The first-order valence-corrected chi connectivity index (χ1v) is 34.0. The van der Waals surface area contributed by atoms with Crippen LogP contribution in [0.15, 0.2) is 12.2 Å². The van der Waals surface area contributed by atoms with E-state index in [1.807, 2.05) is 27.2 Å². The summed E-state index contributed by atoms with van der Waals surface area (Å²) in [7, 11) is 1.28. The van der Waals surface area contributed by atoms with E-state index in [4.69, 9.17) is 9.05 Å². The number of nitrogens with zero attached hydrogens (tertiary/aromatic N) is 1. The number of likely N-dealkylation sites (N-methyl/N-ethyl adjacent to an activating group) is 1. The SMILES string of the molecule is CCCCCCCCCCCCCCCCCCCCCCCCCCCCCCC/C=C/C(O)C(COP(=O)([O-])OCC[N+](C)(C)C)NC(=O)CCCCCCCCCCCCCCCCCCCCCC. The molecule has 1 amide bonds. The molecule has 0 spiro atoms. The number of aliphatic hydroxyl groups is 1. The Kier molecular flexibility index (Phi) is 55.4. The van der Waals surface area contributed by atoms with Gasteiger partial charge in [0.05, 0.1) is 39.9 Å². The summed E-state index contributed by atoms with van der Waals surface area (Å²) in [5.74, 6) is -0.189. The van der Waals surface area contributed by atoms with E-state index in [2.05, 4.69) is 19.2 Å². The second kappa shape index (κ2) is 56.0. The van der Waals surface area contributed by atoms with Gasteiger partial charge in [0.15, 0.2) is 0 Å². The Morgan fingerprint density at radius 3 is 1.03 bits per heavy atom. The lowest BCUT2D eigenvalue weighted by molar-refractivity contribution is -0.870. The van der Waals surface area contributed by atoms with E-state index in [0.29, 0.717) is 17.4 Å². The summed E-state index contributed by atoms with van der Waals surface area (Å²) in [4.78, 5) is 25.6. The predicted molar refractivity (Wildman–Crippen MR) is 316 cm³/mol. The van der Waals surface area contributed by atoms with Crippen molar-refractivity contribution in [1.29, 1.82) is 0 Å². The number of allylic oxidation sites excluding steroid dienone is 1. The molecule has 3 atom stereocenters. The van der Waals surface area contributed by atoms with Crippen LogP contribution in [0.1, 0.15) is 341 Å². The molecule has 73 heavy (non-hydrogen) atoms. The highest BCUT2D eigenvalue weighted by atomic mass is 31.2. The van der Waals surface area contributed by atoms with Crippen molar-refractivity contribution in [3.63, 3.8) is 0 Å². The average Bonchev–Trinajstić information content (AvgIpc) is 3.35. The molecular formula is C64H129N2O6P. The van der Waals surface area contributed by atoms with Crippen LogP contribution < -0.4 is 10.2 Å². The average molecular weight is 1050 g/mol. The van der Waals surface area contributed by atoms with Crippen molar-refractivity contribution in [2.24, 2.45) is 0 Å². The van der Waals surface area contributed by atoms with Gasteiger partial charge in [0.25, 0.3) is 7.82 Å². The topological polar surface area (TPSA) is 108 Å². The molecule has 436 valence electrons. The third-order valence-corrected chi connectivity index (χ3v) is 16.2. The van der Waals surface area contributed by atoms with Gasteiger partial charge in [-0.2, -0.15) is 0 Å². The molecule has 0 rings (SSSR count). The zero-order valence-corrected chi connectivity index (χ0v) is 50.8. The van der Waals surface area contributed by atoms with Crippen molar-refractivity contribution in [3.05, 3.63) is 12.2 Å². The van der Waals surface area contributed by atoms with Gasteiger partial charge in [-0.05, 0) is 19.3 Å². The summed E-state index contributed by atoms with van der Waals surface area (Å²) in [5, 5.41) is 13.9. The van der Waals surface area contributed by atoms with Crippen molar-refractivity contribution in [2.75, 3.05) is 40.9 Å². The number of phosphoric acid groups is 1. The van der Waals surface area contributed by atoms with E-state index in [0.717, 1.165) is 38.5 Å². The standard InChI is InChI=1S/C64H129N2O6P/c1-6-8-10-12-14-16-18-20-22-24-26-28-29-30-31-32-33-34-35-36-37-38-39-41-43-45-47-49-51-53-55-57-63(67)62(61-72-73(69,70)71-60-59-66(3,4)5)65-64(68)58-56-54-52-50-48-46-44-42-40-27-25-23-21-19-17-15-13-11-9-7-2/h55,57,62-63,67H,6-54,56,58-61H2,1-5H3,(H-,65,68,69,70)/b57-55+. The fourth-order valence-corrected chi connectivity index (χ4v) is 10.9. The second-order valence-corrected chi connectivity index (χ2v) is 25.2. The van der Waals surface area contributed by atoms with Crippen molar-refractivity contribution in [3.8, 4) is 0 Å². The molecule has 0 aliphatic carbocycles. The third kappa shape index (κ3) is 58.8. The van der Waals surface area contributed by atoms with E-state index < -0.39 is 20.0 Å². The number of rotatable bonds is 61. The van der Waals surface area contributed by atoms with Crippen LogP contribution in [-0.4, -0.2) is 68.5 Å². The maximum Gasteiger partial charge on any atom is 0.268 e. The maximum absolute atomic E-state index is 13.0. The minimum atomic E-state index is -4.60. The lowest BCUT2D eigenvalue weighted by Crippen LogP contribution is -2.45. The Morgan fingerprint density at radius 1 is 0.466 bits per heavy atom. The summed E-state index contributed by atoms with van der Waals surface area (Å²) >= 11 is 0. The summed E-state index contributed by atoms with van der Waals surface area (Å²) in [5.41, 5.74) is 0. The molecule has 0 aliphatic heterocycles. The van der Waals surface area contributed by atoms with Crippen LogP contribution in [-0.2, 0) is 18.4 Å². The van der Waals surface area contributed by atoms with Crippen LogP contribution in [0.2, 0.25) is 0 Å². The fourth-order valence-electron chi connectivity index (χ4n) is 10.2. The van der Waals surface area contributed by atoms with Crippen LogP contribution in [0.3, 0.4) is 0 Å². The highest BCUT2D eigenvalue weighted by molar-refractivity contribution is 7.45. The summed E-state index contributed by atoms with van der Waals surface area (Å²) in [6, 6.07) is -0.883. The molecule has 0 aromatic rings. The highest BCUT2D eigenvalue weighted by Gasteiger charge is 2.23. The third-order valence-electron chi connectivity index (χ3n) is 15.2. The fraction of sp³-hybridized carbons (Fsp3) is 0.953. The van der Waals surface area contributed by atoms with Gasteiger partial charge in [-0.1, -0.05) is 328 Å². The lowest BCUT2D eigenvalue weighted by atomic mass is 10.0. The molecule has 0 aromatic heterocycles. The van der Waals surface area contributed by atoms with Crippen LogP contribution in [0.4, 0.5) is 0 Å². The van der Waals surface area contributed by atoms with Crippen molar-refractivity contribution < 1.29 is 32.9 Å². The summed E-state index contributed by atoms with van der Waals surface area (Å²) < 4.78 is 23.4. The normalized spacial score (nSPS) is 13.8. The Balaban J connectivity index is 4.06. The Hall–Kier alpha value is -0.760. The van der Waals surface area contributed by atoms with Gasteiger partial charge in [0, 0.05) is 6.42 Å². The molecule has 0 aromatic carbocycles. The van der Waals surface area contributed by atoms with Crippen molar-refractivity contribution in [2.45, 2.75) is 353 Å². The highest BCUT2D eigenvalue weighted by Crippen LogP contribution is 2.38. The number of phosphoric ester groups is 1. The van der Waals surface area contributed by atoms with Crippen molar-refractivity contribution in [1.82, 2.24) is 5.32 Å². The Morgan fingerprint density at radius 2 is 0.740 bits per heavy atom. The van der Waals surface area contributed by atoms with E-state index in [9.17, 15) is 19.4 Å². The van der Waals surface area contributed by atoms with Crippen LogP contribution in [0.25, 0.3) is 0 Å². The molecule has 0 saturated heterocycles. The van der Waals surface area contributed by atoms with E-state index in [1.165, 1.54) is 283 Å². The molecule has 0 fully saturated rings. The van der Waals surface area contributed by atoms with Gasteiger partial charge in [0.1, 0.15) is 13.2 Å². The molecule has 0 heterocycles. The number of carbonyl (C=O) groups is 1. The zero-order valence-electron chi connectivity index (χ0n) is 49.9. The first-order chi connectivity index (χ1) is 35.5. The minimum absolute atomic E-state index is 0.00286. The van der Waals surface area contributed by atoms with Crippen LogP contribution >= 0.6 is 7.82 Å². The Bertz CT molecular complexity index is 1200. The summed E-state index contributed by atoms with van der Waals surface area (Å²) in [6.45, 7) is 4.71. The molecular weight excluding hydrogens is 924 g/mol. The van der Waals surface area contributed by atoms with E-state index in [1.54, 1.807) is 6.08 Å². The van der Waals surface area contributed by atoms with Gasteiger partial charge in [-0.15, -0.1) is 0 Å². The number of hydrogen-bond acceptors (Lipinski definition) is 6. The molecule has 9 heteroatoms. The molecule has 0 saturated carbocycles. The monoisotopic (exact) mass is 1050 g/mol. The number of nitrogens with one attached hydrogen (secondary N) is 1. The van der Waals surface area contributed by atoms with Gasteiger partial charge in [0.2, 0.25) is 5.91 Å². The number of carbonyl (C=O) groups excluding carboxylic acids is 1. The van der Waals surface area contributed by atoms with E-state index in [-0.39, 0.29) is 19.1 Å².